The van der Waals surface area contributed by atoms with Crippen LogP contribution in [0.5, 0.6) is 0 Å². The second-order valence-corrected chi connectivity index (χ2v) is 9.04. The van der Waals surface area contributed by atoms with Gasteiger partial charge in [-0.05, 0) is 74.6 Å². The van der Waals surface area contributed by atoms with E-state index >= 15 is 0 Å². The smallest absolute Gasteiger partial charge is 0.262 e. The number of hydrogen-bond acceptors (Lipinski definition) is 3. The summed E-state index contributed by atoms with van der Waals surface area (Å²) in [5.41, 5.74) is 3.50. The third-order valence-corrected chi connectivity index (χ3v) is 6.38. The van der Waals surface area contributed by atoms with Gasteiger partial charge >= 0.3 is 0 Å². The Bertz CT molecular complexity index is 950. The number of benzene rings is 2. The normalized spacial score (nSPS) is 12.7. The van der Waals surface area contributed by atoms with Crippen LogP contribution in [-0.2, 0) is 10.0 Å². The van der Waals surface area contributed by atoms with Crippen molar-refractivity contribution in [3.8, 4) is 0 Å². The van der Waals surface area contributed by atoms with Gasteiger partial charge in [0.2, 0.25) is 0 Å². The van der Waals surface area contributed by atoms with Crippen molar-refractivity contribution in [3.63, 3.8) is 0 Å². The summed E-state index contributed by atoms with van der Waals surface area (Å²) < 4.78 is 28.4. The van der Waals surface area contributed by atoms with Crippen molar-refractivity contribution in [2.75, 3.05) is 4.72 Å². The van der Waals surface area contributed by atoms with E-state index in [4.69, 9.17) is 0 Å². The lowest BCUT2D eigenvalue weighted by Gasteiger charge is -2.18. The van der Waals surface area contributed by atoms with Crippen LogP contribution in [0.25, 0.3) is 0 Å². The number of rotatable bonds is 6. The van der Waals surface area contributed by atoms with Crippen molar-refractivity contribution in [2.24, 2.45) is 5.92 Å². The Balaban J connectivity index is 2.33. The zero-order valence-electron chi connectivity index (χ0n) is 16.8. The molecule has 0 spiro atoms. The van der Waals surface area contributed by atoms with Crippen molar-refractivity contribution in [3.05, 3.63) is 58.7 Å². The van der Waals surface area contributed by atoms with Crippen molar-refractivity contribution in [1.82, 2.24) is 5.32 Å². The molecule has 0 unspecified atom stereocenters. The molecule has 0 saturated carbocycles. The number of carbonyl (C=O) groups is 1. The average Bonchev–Trinajstić information content (AvgIpc) is 2.57. The Morgan fingerprint density at radius 2 is 1.52 bits per heavy atom. The molecule has 0 aliphatic carbocycles. The van der Waals surface area contributed by atoms with Crippen LogP contribution < -0.4 is 10.0 Å². The van der Waals surface area contributed by atoms with Gasteiger partial charge < -0.3 is 5.32 Å². The van der Waals surface area contributed by atoms with E-state index in [1.54, 1.807) is 31.2 Å². The third-order valence-electron chi connectivity index (χ3n) is 4.86. The van der Waals surface area contributed by atoms with Gasteiger partial charge in [0.05, 0.1) is 4.90 Å². The summed E-state index contributed by atoms with van der Waals surface area (Å²) in [4.78, 5) is 12.6. The van der Waals surface area contributed by atoms with Gasteiger partial charge in [0, 0.05) is 17.3 Å². The van der Waals surface area contributed by atoms with Crippen LogP contribution in [0.3, 0.4) is 0 Å². The van der Waals surface area contributed by atoms with Crippen LogP contribution in [0.2, 0.25) is 0 Å². The van der Waals surface area contributed by atoms with E-state index < -0.39 is 10.0 Å². The van der Waals surface area contributed by atoms with Crippen molar-refractivity contribution in [1.29, 1.82) is 0 Å². The summed E-state index contributed by atoms with van der Waals surface area (Å²) in [5, 5.41) is 2.90. The van der Waals surface area contributed by atoms with E-state index in [0.29, 0.717) is 16.8 Å². The second kappa shape index (κ2) is 8.13. The molecule has 2 aromatic rings. The molecule has 0 radical (unpaired) electrons. The molecule has 2 aromatic carbocycles. The Labute approximate surface area is 162 Å². The maximum Gasteiger partial charge on any atom is 0.262 e. The molecule has 0 bridgehead atoms. The van der Waals surface area contributed by atoms with Crippen molar-refractivity contribution < 1.29 is 13.2 Å². The molecule has 0 aliphatic heterocycles. The van der Waals surface area contributed by atoms with Crippen molar-refractivity contribution >= 4 is 21.6 Å². The van der Waals surface area contributed by atoms with Gasteiger partial charge in [-0.25, -0.2) is 8.42 Å². The van der Waals surface area contributed by atoms with Gasteiger partial charge in [0.15, 0.2) is 0 Å². The Morgan fingerprint density at radius 1 is 0.889 bits per heavy atom. The fourth-order valence-corrected chi connectivity index (χ4v) is 3.82. The zero-order chi connectivity index (χ0) is 20.4. The minimum absolute atomic E-state index is 0.00693. The number of nitrogens with one attached hydrogen (secondary N) is 2. The molecule has 2 N–H and O–H groups in total. The fourth-order valence-electron chi connectivity index (χ4n) is 2.50. The molecule has 0 fully saturated rings. The summed E-state index contributed by atoms with van der Waals surface area (Å²) in [6, 6.07) is 10.1. The predicted molar refractivity (Wildman–Crippen MR) is 110 cm³/mol. The number of amides is 1. The summed E-state index contributed by atoms with van der Waals surface area (Å²) >= 11 is 0. The van der Waals surface area contributed by atoms with Crippen LogP contribution in [0.15, 0.2) is 41.3 Å². The van der Waals surface area contributed by atoms with Gasteiger partial charge in [0.25, 0.3) is 15.9 Å². The molecule has 2 rings (SSSR count). The number of aryl methyl sites for hydroxylation is 3. The number of hydrogen-bond donors (Lipinski definition) is 2. The third kappa shape index (κ3) is 5.10. The first-order chi connectivity index (χ1) is 12.5. The molecule has 1 atom stereocenters. The molecule has 27 heavy (non-hydrogen) atoms. The Hall–Kier alpha value is -2.34. The van der Waals surface area contributed by atoms with Crippen LogP contribution in [0, 0.1) is 26.7 Å². The summed E-state index contributed by atoms with van der Waals surface area (Å²) in [7, 11) is -3.80. The molecule has 1 amide bonds. The van der Waals surface area contributed by atoms with E-state index in [2.05, 4.69) is 10.0 Å². The SMILES string of the molecule is Cc1ccc(NS(=O)(=O)c2cc(C(=O)N[C@H](C)C(C)C)ccc2C)cc1C. The van der Waals surface area contributed by atoms with E-state index in [1.807, 2.05) is 40.7 Å². The minimum Gasteiger partial charge on any atom is -0.349 e. The number of carbonyl (C=O) groups excluding carboxylic acids is 1. The Kier molecular flexibility index (Phi) is 6.31. The molecule has 0 heterocycles. The maximum absolute atomic E-state index is 12.9. The van der Waals surface area contributed by atoms with Crippen LogP contribution in [0.1, 0.15) is 47.8 Å². The molecule has 146 valence electrons. The summed E-state index contributed by atoms with van der Waals surface area (Å²) in [6.45, 7) is 11.6. The number of anilines is 1. The lowest BCUT2D eigenvalue weighted by molar-refractivity contribution is 0.0930. The molecule has 6 heteroatoms. The molecule has 5 nitrogen and oxygen atoms in total. The van der Waals surface area contributed by atoms with Gasteiger partial charge in [0.1, 0.15) is 0 Å². The quantitative estimate of drug-likeness (QED) is 0.779. The summed E-state index contributed by atoms with van der Waals surface area (Å²) in [6.07, 6.45) is 0. The minimum atomic E-state index is -3.80. The highest BCUT2D eigenvalue weighted by Crippen LogP contribution is 2.22. The molecular weight excluding hydrogens is 360 g/mol. The first-order valence-electron chi connectivity index (χ1n) is 9.03. The van der Waals surface area contributed by atoms with E-state index in [0.717, 1.165) is 11.1 Å². The van der Waals surface area contributed by atoms with Crippen molar-refractivity contribution in [2.45, 2.75) is 52.5 Å². The van der Waals surface area contributed by atoms with E-state index in [-0.39, 0.29) is 22.8 Å². The van der Waals surface area contributed by atoms with Gasteiger partial charge in [-0.15, -0.1) is 0 Å². The van der Waals surface area contributed by atoms with E-state index in [1.165, 1.54) is 6.07 Å². The van der Waals surface area contributed by atoms with Crippen LogP contribution in [0.4, 0.5) is 5.69 Å². The molecule has 0 aromatic heterocycles. The first kappa shape index (κ1) is 21.0. The lowest BCUT2D eigenvalue weighted by atomic mass is 10.1. The zero-order valence-corrected chi connectivity index (χ0v) is 17.6. The Morgan fingerprint density at radius 3 is 2.11 bits per heavy atom. The highest BCUT2D eigenvalue weighted by Gasteiger charge is 2.20. The van der Waals surface area contributed by atoms with Gasteiger partial charge in [-0.2, -0.15) is 0 Å². The molecule has 0 aliphatic rings. The second-order valence-electron chi connectivity index (χ2n) is 7.39. The molecular formula is C21H28N2O3S. The standard InChI is InChI=1S/C21H28N2O3S/c1-13(2)17(6)22-21(24)18-9-7-15(4)20(12-18)27(25,26)23-19-10-8-14(3)16(5)11-19/h7-13,17,23H,1-6H3,(H,22,24)/t17-/m1/s1. The number of sulfonamides is 1. The lowest BCUT2D eigenvalue weighted by Crippen LogP contribution is -2.36. The van der Waals surface area contributed by atoms with Crippen LogP contribution >= 0.6 is 0 Å². The topological polar surface area (TPSA) is 75.3 Å². The van der Waals surface area contributed by atoms with E-state index in [9.17, 15) is 13.2 Å². The predicted octanol–water partition coefficient (Wildman–Crippen LogP) is 4.19. The maximum atomic E-state index is 12.9. The monoisotopic (exact) mass is 388 g/mol. The highest BCUT2D eigenvalue weighted by molar-refractivity contribution is 7.92. The molecule has 0 saturated heterocycles. The average molecular weight is 389 g/mol. The summed E-state index contributed by atoms with van der Waals surface area (Å²) in [5.74, 6) is 0.00729. The highest BCUT2D eigenvalue weighted by atomic mass is 32.2. The first-order valence-corrected chi connectivity index (χ1v) is 10.5. The van der Waals surface area contributed by atoms with Gasteiger partial charge in [-0.1, -0.05) is 26.0 Å². The van der Waals surface area contributed by atoms with Gasteiger partial charge in [-0.3, -0.25) is 9.52 Å². The van der Waals surface area contributed by atoms with Crippen LogP contribution in [-0.4, -0.2) is 20.4 Å². The largest absolute Gasteiger partial charge is 0.349 e. The fraction of sp³-hybridized carbons (Fsp3) is 0.381.